The van der Waals surface area contributed by atoms with Crippen LogP contribution in [0.15, 0.2) is 51.5 Å². The van der Waals surface area contributed by atoms with E-state index in [4.69, 9.17) is 9.26 Å². The Morgan fingerprint density at radius 2 is 2.00 bits per heavy atom. The average molecular weight is 433 g/mol. The maximum atomic E-state index is 13.3. The second-order valence-corrected chi connectivity index (χ2v) is 7.81. The highest BCUT2D eigenvalue weighted by atomic mass is 79.9. The van der Waals surface area contributed by atoms with Crippen molar-refractivity contribution >= 4 is 26.9 Å². The zero-order valence-electron chi connectivity index (χ0n) is 15.0. The molecule has 0 N–H and O–H groups in total. The first-order valence-electron chi connectivity index (χ1n) is 9.35. The van der Waals surface area contributed by atoms with E-state index in [-0.39, 0.29) is 5.82 Å². The van der Waals surface area contributed by atoms with E-state index in [2.05, 4.69) is 26.0 Å². The highest BCUT2D eigenvalue weighted by molar-refractivity contribution is 9.10. The summed E-state index contributed by atoms with van der Waals surface area (Å²) in [6.45, 7) is 3.81. The fourth-order valence-electron chi connectivity index (χ4n) is 3.69. The van der Waals surface area contributed by atoms with Crippen LogP contribution in [0.4, 0.5) is 4.39 Å². The number of para-hydroxylation sites is 1. The van der Waals surface area contributed by atoms with Crippen LogP contribution in [0.1, 0.15) is 30.9 Å². The van der Waals surface area contributed by atoms with Gasteiger partial charge in [-0.1, -0.05) is 17.3 Å². The lowest BCUT2D eigenvalue weighted by molar-refractivity contribution is 0.190. The van der Waals surface area contributed by atoms with Gasteiger partial charge >= 0.3 is 0 Å². The summed E-state index contributed by atoms with van der Waals surface area (Å²) in [5.41, 5.74) is 1.51. The van der Waals surface area contributed by atoms with E-state index in [0.29, 0.717) is 18.1 Å². The van der Waals surface area contributed by atoms with Gasteiger partial charge in [0.1, 0.15) is 11.6 Å². The second-order valence-electron chi connectivity index (χ2n) is 6.96. The third kappa shape index (κ3) is 4.33. The van der Waals surface area contributed by atoms with E-state index in [9.17, 15) is 4.39 Å². The Morgan fingerprint density at radius 3 is 2.81 bits per heavy atom. The van der Waals surface area contributed by atoms with Gasteiger partial charge in [0.15, 0.2) is 5.58 Å². The summed E-state index contributed by atoms with van der Waals surface area (Å²) >= 11 is 3.50. The first kappa shape index (κ1) is 18.4. The van der Waals surface area contributed by atoms with Gasteiger partial charge in [-0.3, -0.25) is 0 Å². The van der Waals surface area contributed by atoms with Crippen molar-refractivity contribution in [3.63, 3.8) is 0 Å². The molecule has 0 aliphatic carbocycles. The van der Waals surface area contributed by atoms with Gasteiger partial charge in [0.25, 0.3) is 0 Å². The fraction of sp³-hybridized carbons (Fsp3) is 0.381. The van der Waals surface area contributed by atoms with Crippen LogP contribution >= 0.6 is 15.9 Å². The molecule has 2 heterocycles. The maximum Gasteiger partial charge on any atom is 0.170 e. The van der Waals surface area contributed by atoms with E-state index in [0.717, 1.165) is 60.2 Å². The number of likely N-dealkylation sites (tertiary alicyclic amines) is 1. The number of hydrogen-bond donors (Lipinski definition) is 0. The quantitative estimate of drug-likeness (QED) is 0.490. The first-order chi connectivity index (χ1) is 13.2. The molecule has 0 spiro atoms. The van der Waals surface area contributed by atoms with E-state index in [1.165, 1.54) is 12.1 Å². The van der Waals surface area contributed by atoms with E-state index in [1.54, 1.807) is 6.07 Å². The van der Waals surface area contributed by atoms with Crippen LogP contribution in [0.3, 0.4) is 0 Å². The number of rotatable bonds is 6. The molecule has 142 valence electrons. The van der Waals surface area contributed by atoms with Crippen LogP contribution in [0.2, 0.25) is 0 Å². The zero-order valence-corrected chi connectivity index (χ0v) is 16.6. The monoisotopic (exact) mass is 432 g/mol. The average Bonchev–Trinajstić information content (AvgIpc) is 3.10. The van der Waals surface area contributed by atoms with Gasteiger partial charge in [-0.15, -0.1) is 0 Å². The van der Waals surface area contributed by atoms with Gasteiger partial charge in [-0.05, 0) is 72.5 Å². The number of ether oxygens (including phenoxy) is 1. The molecule has 6 heteroatoms. The van der Waals surface area contributed by atoms with Crippen LogP contribution in [0.5, 0.6) is 5.75 Å². The summed E-state index contributed by atoms with van der Waals surface area (Å²) in [5.74, 6) is 0.986. The van der Waals surface area contributed by atoms with Crippen molar-refractivity contribution in [2.45, 2.75) is 25.2 Å². The summed E-state index contributed by atoms with van der Waals surface area (Å²) < 4.78 is 25.5. The smallest absolute Gasteiger partial charge is 0.170 e. The Kier molecular flexibility index (Phi) is 5.74. The molecule has 2 aromatic carbocycles. The molecule has 1 fully saturated rings. The van der Waals surface area contributed by atoms with Crippen molar-refractivity contribution in [2.75, 3.05) is 26.2 Å². The minimum Gasteiger partial charge on any atom is -0.492 e. The lowest BCUT2D eigenvalue weighted by Gasteiger charge is -2.31. The highest BCUT2D eigenvalue weighted by Crippen LogP contribution is 2.32. The number of nitrogens with zero attached hydrogens (tertiary/aromatic N) is 2. The molecular formula is C21H22BrFN2O2. The van der Waals surface area contributed by atoms with Gasteiger partial charge in [0.05, 0.1) is 16.8 Å². The van der Waals surface area contributed by atoms with Crippen LogP contribution < -0.4 is 4.74 Å². The maximum absolute atomic E-state index is 13.3. The molecule has 0 unspecified atom stereocenters. The largest absolute Gasteiger partial charge is 0.492 e. The molecule has 1 aliphatic rings. The zero-order chi connectivity index (χ0) is 18.6. The molecule has 1 aliphatic heterocycles. The lowest BCUT2D eigenvalue weighted by atomic mass is 9.91. The number of fused-ring (bicyclic) bond motifs is 1. The van der Waals surface area contributed by atoms with E-state index in [1.807, 2.05) is 24.3 Å². The van der Waals surface area contributed by atoms with Crippen LogP contribution in [-0.2, 0) is 0 Å². The summed E-state index contributed by atoms with van der Waals surface area (Å²) in [5, 5.41) is 5.16. The van der Waals surface area contributed by atoms with E-state index < -0.39 is 0 Å². The lowest BCUT2D eigenvalue weighted by Crippen LogP contribution is -2.34. The third-order valence-electron chi connectivity index (χ3n) is 5.15. The Morgan fingerprint density at radius 1 is 1.19 bits per heavy atom. The molecule has 0 atom stereocenters. The van der Waals surface area contributed by atoms with Crippen LogP contribution in [-0.4, -0.2) is 36.3 Å². The predicted molar refractivity (Wildman–Crippen MR) is 107 cm³/mol. The first-order valence-corrected chi connectivity index (χ1v) is 10.1. The van der Waals surface area contributed by atoms with Gasteiger partial charge in [0, 0.05) is 23.9 Å². The number of piperidine rings is 1. The van der Waals surface area contributed by atoms with E-state index >= 15 is 0 Å². The van der Waals surface area contributed by atoms with Crippen molar-refractivity contribution < 1.29 is 13.7 Å². The van der Waals surface area contributed by atoms with Crippen molar-refractivity contribution in [3.05, 3.63) is 58.4 Å². The molecule has 0 radical (unpaired) electrons. The van der Waals surface area contributed by atoms with Gasteiger partial charge in [-0.25, -0.2) is 4.39 Å². The molecule has 3 aromatic rings. The predicted octanol–water partition coefficient (Wildman–Crippen LogP) is 5.38. The normalized spacial score (nSPS) is 16.1. The Labute approximate surface area is 166 Å². The molecule has 0 saturated carbocycles. The van der Waals surface area contributed by atoms with Crippen LogP contribution in [0, 0.1) is 5.82 Å². The number of halogens is 2. The molecule has 1 aromatic heterocycles. The fourth-order valence-corrected chi connectivity index (χ4v) is 4.09. The van der Waals surface area contributed by atoms with Crippen molar-refractivity contribution in [2.24, 2.45) is 0 Å². The molecule has 4 rings (SSSR count). The minimum absolute atomic E-state index is 0.287. The van der Waals surface area contributed by atoms with Crippen molar-refractivity contribution in [3.8, 4) is 5.75 Å². The third-order valence-corrected chi connectivity index (χ3v) is 5.80. The molecular weight excluding hydrogens is 411 g/mol. The Hall–Kier alpha value is -1.92. The van der Waals surface area contributed by atoms with Gasteiger partial charge < -0.3 is 14.2 Å². The standard InChI is InChI=1S/C21H22BrFN2O2/c22-18-4-1-2-5-19(18)26-13-3-10-25-11-8-15(9-12-25)21-17-7-6-16(23)14-20(17)27-24-21/h1-2,4-7,14-15H,3,8-13H2. The van der Waals surface area contributed by atoms with Gasteiger partial charge in [0.2, 0.25) is 0 Å². The van der Waals surface area contributed by atoms with Crippen molar-refractivity contribution in [1.82, 2.24) is 10.1 Å². The number of benzene rings is 2. The number of aromatic nitrogens is 1. The Bertz CT molecular complexity index is 906. The molecule has 0 amide bonds. The SMILES string of the molecule is Fc1ccc2c(C3CCN(CCCOc4ccccc4Br)CC3)noc2c1. The topological polar surface area (TPSA) is 38.5 Å². The molecule has 4 nitrogen and oxygen atoms in total. The number of hydrogen-bond acceptors (Lipinski definition) is 4. The minimum atomic E-state index is -0.287. The second kappa shape index (κ2) is 8.40. The molecule has 1 saturated heterocycles. The summed E-state index contributed by atoms with van der Waals surface area (Å²) in [7, 11) is 0. The van der Waals surface area contributed by atoms with Crippen LogP contribution in [0.25, 0.3) is 11.0 Å². The van der Waals surface area contributed by atoms with Crippen molar-refractivity contribution in [1.29, 1.82) is 0 Å². The summed E-state index contributed by atoms with van der Waals surface area (Å²) in [6, 6.07) is 12.6. The Balaban J connectivity index is 1.25. The van der Waals surface area contributed by atoms with Gasteiger partial charge in [-0.2, -0.15) is 0 Å². The molecule has 27 heavy (non-hydrogen) atoms. The summed E-state index contributed by atoms with van der Waals surface area (Å²) in [6.07, 6.45) is 3.09. The highest BCUT2D eigenvalue weighted by Gasteiger charge is 2.24. The molecule has 0 bridgehead atoms. The summed E-state index contributed by atoms with van der Waals surface area (Å²) in [4.78, 5) is 2.47.